The molecular weight excluding hydrogens is 1540 g/mol. The Morgan fingerprint density at radius 1 is 0.192 bits per heavy atom. The first-order chi connectivity index (χ1) is 61.9. The molecular formula is C116H81ClN8. The van der Waals surface area contributed by atoms with Crippen molar-refractivity contribution in [1.29, 1.82) is 0 Å². The molecule has 0 spiro atoms. The molecule has 4 aromatic heterocycles. The Morgan fingerprint density at radius 2 is 0.472 bits per heavy atom. The van der Waals surface area contributed by atoms with Gasteiger partial charge in [0.15, 0.2) is 0 Å². The van der Waals surface area contributed by atoms with Crippen molar-refractivity contribution >= 4 is 83.6 Å². The zero-order chi connectivity index (χ0) is 83.6. The van der Waals surface area contributed by atoms with Crippen molar-refractivity contribution in [2.24, 2.45) is 0 Å². The molecule has 0 radical (unpaired) electrons. The number of nitrogens with zero attached hydrogens (tertiary/aromatic N) is 7. The van der Waals surface area contributed by atoms with E-state index in [4.69, 9.17) is 16.6 Å². The van der Waals surface area contributed by atoms with E-state index in [0.29, 0.717) is 5.02 Å². The summed E-state index contributed by atoms with van der Waals surface area (Å²) in [6.45, 7) is 0. The quantitative estimate of drug-likeness (QED) is 0.0979. The summed E-state index contributed by atoms with van der Waals surface area (Å²) in [5, 5.41) is 9.25. The highest BCUT2D eigenvalue weighted by Crippen LogP contribution is 2.43. The first-order valence-electron chi connectivity index (χ1n) is 41.9. The van der Waals surface area contributed by atoms with E-state index >= 15 is 0 Å². The lowest BCUT2D eigenvalue weighted by Crippen LogP contribution is -2.10. The number of halogens is 1. The van der Waals surface area contributed by atoms with Crippen molar-refractivity contribution in [1.82, 2.24) is 29.1 Å². The SMILES string of the molecule is Clc1cccc(-c2cc(-c3ccc(-c4ccccc4)cc3)ncn2)c1.c1ccc(-c2ccc(-c3cc(-c4cccc(N(c5ccc(-c6ccccc6)cc5)c5ccc(-c6ccc7c(c6)c6ccccc6n7-c6ccccc6)cc5)c4)ncn3)cc2)cc1.c1ccc(-c2ccc(Nc3ccc(-c4ccc5c(c4)c4ccccc4n5-c4ccccc4)cc3)cc2)cc1. The van der Waals surface area contributed by atoms with Crippen molar-refractivity contribution in [2.75, 3.05) is 10.2 Å². The van der Waals surface area contributed by atoms with Crippen LogP contribution in [0.1, 0.15) is 0 Å². The van der Waals surface area contributed by atoms with E-state index in [-0.39, 0.29) is 0 Å². The molecule has 0 saturated heterocycles. The van der Waals surface area contributed by atoms with Gasteiger partial charge in [-0.15, -0.1) is 0 Å². The van der Waals surface area contributed by atoms with Crippen LogP contribution in [0.4, 0.5) is 28.4 Å². The molecule has 0 unspecified atom stereocenters. The average molecular weight is 1620 g/mol. The highest BCUT2D eigenvalue weighted by Gasteiger charge is 2.20. The van der Waals surface area contributed by atoms with Crippen molar-refractivity contribution < 1.29 is 0 Å². The van der Waals surface area contributed by atoms with Crippen LogP contribution in [0.5, 0.6) is 0 Å². The maximum atomic E-state index is 6.08. The minimum atomic E-state index is 0.699. The van der Waals surface area contributed by atoms with Crippen LogP contribution in [-0.2, 0) is 0 Å². The molecule has 8 nitrogen and oxygen atoms in total. The van der Waals surface area contributed by atoms with Gasteiger partial charge in [0, 0.05) is 88.6 Å². The van der Waals surface area contributed by atoms with Gasteiger partial charge >= 0.3 is 0 Å². The number of aromatic nitrogens is 6. The summed E-state index contributed by atoms with van der Waals surface area (Å²) in [6.07, 6.45) is 3.26. The first-order valence-corrected chi connectivity index (χ1v) is 42.3. The lowest BCUT2D eigenvalue weighted by Gasteiger charge is -2.26. The molecule has 0 saturated carbocycles. The van der Waals surface area contributed by atoms with Gasteiger partial charge in [0.1, 0.15) is 12.7 Å². The van der Waals surface area contributed by atoms with Crippen LogP contribution in [-0.4, -0.2) is 29.1 Å². The van der Waals surface area contributed by atoms with Crippen molar-refractivity contribution in [2.45, 2.75) is 0 Å². The Morgan fingerprint density at radius 3 is 0.856 bits per heavy atom. The monoisotopic (exact) mass is 1620 g/mol. The molecule has 22 aromatic rings. The Labute approximate surface area is 731 Å². The molecule has 1 N–H and O–H groups in total. The maximum absolute atomic E-state index is 6.08. The average Bonchev–Trinajstić information content (AvgIpc) is 1.60. The zero-order valence-corrected chi connectivity index (χ0v) is 69.0. The lowest BCUT2D eigenvalue weighted by atomic mass is 10.0. The molecule has 0 aliphatic rings. The Hall–Kier alpha value is -16.4. The van der Waals surface area contributed by atoms with Crippen molar-refractivity contribution in [3.63, 3.8) is 0 Å². The van der Waals surface area contributed by atoms with E-state index in [1.54, 1.807) is 12.7 Å². The molecule has 592 valence electrons. The molecule has 0 aliphatic carbocycles. The number of fused-ring (bicyclic) bond motifs is 6. The summed E-state index contributed by atoms with van der Waals surface area (Å²) in [7, 11) is 0. The molecule has 125 heavy (non-hydrogen) atoms. The van der Waals surface area contributed by atoms with Gasteiger partial charge in [-0.05, 0) is 212 Å². The van der Waals surface area contributed by atoms with Crippen LogP contribution in [0.2, 0.25) is 5.02 Å². The number of rotatable bonds is 17. The highest BCUT2D eigenvalue weighted by molar-refractivity contribution is 6.30. The summed E-state index contributed by atoms with van der Waals surface area (Å²) in [5.74, 6) is 0. The highest BCUT2D eigenvalue weighted by atomic mass is 35.5. The molecule has 9 heteroatoms. The Bertz CT molecular complexity index is 7480. The minimum Gasteiger partial charge on any atom is -0.356 e. The fourth-order valence-electron chi connectivity index (χ4n) is 16.7. The van der Waals surface area contributed by atoms with Crippen molar-refractivity contribution in [3.05, 3.63) is 491 Å². The van der Waals surface area contributed by atoms with Crippen LogP contribution < -0.4 is 10.2 Å². The standard InChI is InChI=1S/C58H40N4.C36H26N2.C22H15ClN2/c1-4-13-41(14-5-1)43-23-25-46(26-24-43)55-39-56(60-40-59-55)48-17-12-20-52(37-48)61(50-32-27-44(28-33-50)42-15-6-2-7-16-42)51-34-29-45(30-35-51)47-31-36-58-54(38-47)53-21-10-11-22-57(53)62(58)49-18-8-3-9-19-49;1-3-9-26(10-4-1)27-15-20-30(21-16-27)37-31-22-17-28(18-23-31)29-19-24-36-34(25-29)33-13-7-8-14-35(33)38(36)32-11-5-2-6-12-32;23-20-8-4-7-19(13-20)22-14-21(24-15-25-22)18-11-9-17(10-12-18)16-5-2-1-3-6-16/h1-40H;1-25,37H;1-15H. The molecule has 0 fully saturated rings. The summed E-state index contributed by atoms with van der Waals surface area (Å²) in [6, 6.07) is 166. The van der Waals surface area contributed by atoms with Gasteiger partial charge < -0.3 is 19.4 Å². The molecule has 0 bridgehead atoms. The van der Waals surface area contributed by atoms with Gasteiger partial charge in [-0.1, -0.05) is 339 Å². The third-order valence-corrected chi connectivity index (χ3v) is 23.2. The fraction of sp³-hybridized carbons (Fsp3) is 0. The molecule has 0 amide bonds. The van der Waals surface area contributed by atoms with Gasteiger partial charge in [0.05, 0.1) is 44.8 Å². The zero-order valence-electron chi connectivity index (χ0n) is 68.2. The van der Waals surface area contributed by atoms with E-state index in [9.17, 15) is 0 Å². The van der Waals surface area contributed by atoms with Crippen molar-refractivity contribution in [3.8, 4) is 123 Å². The van der Waals surface area contributed by atoms with Crippen LogP contribution in [0.25, 0.3) is 167 Å². The van der Waals surface area contributed by atoms with Crippen LogP contribution in [0.15, 0.2) is 486 Å². The second kappa shape index (κ2) is 35.5. The van der Waals surface area contributed by atoms with Gasteiger partial charge in [-0.2, -0.15) is 0 Å². The molecule has 0 aliphatic heterocycles. The molecule has 4 heterocycles. The second-order valence-corrected chi connectivity index (χ2v) is 31.2. The predicted octanol–water partition coefficient (Wildman–Crippen LogP) is 31.4. The van der Waals surface area contributed by atoms with Crippen LogP contribution in [0.3, 0.4) is 0 Å². The van der Waals surface area contributed by atoms with E-state index in [2.05, 4.69) is 447 Å². The third-order valence-electron chi connectivity index (χ3n) is 23.0. The number of hydrogen-bond acceptors (Lipinski definition) is 6. The Kier molecular flexibility index (Phi) is 21.9. The number of benzene rings is 18. The summed E-state index contributed by atoms with van der Waals surface area (Å²) < 4.78 is 4.71. The molecule has 0 atom stereocenters. The third kappa shape index (κ3) is 16.8. The number of para-hydroxylation sites is 4. The number of anilines is 5. The van der Waals surface area contributed by atoms with E-state index in [1.165, 1.54) is 110 Å². The summed E-state index contributed by atoms with van der Waals surface area (Å²) in [5.41, 5.74) is 34.4. The van der Waals surface area contributed by atoms with Gasteiger partial charge in [-0.25, -0.2) is 19.9 Å². The number of nitrogens with one attached hydrogen (secondary N) is 1. The number of hydrogen-bond donors (Lipinski definition) is 1. The van der Waals surface area contributed by atoms with Gasteiger partial charge in [0.25, 0.3) is 0 Å². The van der Waals surface area contributed by atoms with E-state index < -0.39 is 0 Å². The summed E-state index contributed by atoms with van der Waals surface area (Å²) in [4.78, 5) is 20.6. The second-order valence-electron chi connectivity index (χ2n) is 30.8. The molecule has 18 aromatic carbocycles. The smallest absolute Gasteiger partial charge is 0.116 e. The largest absolute Gasteiger partial charge is 0.356 e. The van der Waals surface area contributed by atoms with E-state index in [0.717, 1.165) is 84.7 Å². The maximum Gasteiger partial charge on any atom is 0.116 e. The van der Waals surface area contributed by atoms with Crippen LogP contribution >= 0.6 is 11.6 Å². The topological polar surface area (TPSA) is 76.7 Å². The molecule has 22 rings (SSSR count). The minimum absolute atomic E-state index is 0.699. The first kappa shape index (κ1) is 77.2. The predicted molar refractivity (Wildman–Crippen MR) is 523 cm³/mol. The Balaban J connectivity index is 0.000000132. The fourth-order valence-corrected chi connectivity index (χ4v) is 16.9. The van der Waals surface area contributed by atoms with E-state index in [1.807, 2.05) is 60.7 Å². The normalized spacial score (nSPS) is 11.1. The lowest BCUT2D eigenvalue weighted by molar-refractivity contribution is 1.17. The summed E-state index contributed by atoms with van der Waals surface area (Å²) >= 11 is 6.08. The van der Waals surface area contributed by atoms with Gasteiger partial charge in [0.2, 0.25) is 0 Å². The van der Waals surface area contributed by atoms with Gasteiger partial charge in [-0.3, -0.25) is 0 Å². The van der Waals surface area contributed by atoms with Crippen LogP contribution in [0, 0.1) is 0 Å².